The number of rotatable bonds is 8. The van der Waals surface area contributed by atoms with Gasteiger partial charge in [0.2, 0.25) is 0 Å². The molecular weight excluding hydrogens is 344 g/mol. The highest BCUT2D eigenvalue weighted by Crippen LogP contribution is 2.29. The van der Waals surface area contributed by atoms with E-state index in [-0.39, 0.29) is 16.5 Å². The van der Waals surface area contributed by atoms with Gasteiger partial charge in [-0.15, -0.1) is 10.2 Å². The van der Waals surface area contributed by atoms with Crippen LogP contribution in [0, 0.1) is 5.92 Å². The third kappa shape index (κ3) is 4.96. The second kappa shape index (κ2) is 8.02. The summed E-state index contributed by atoms with van der Waals surface area (Å²) in [5.41, 5.74) is 0. The molecule has 0 radical (unpaired) electrons. The maximum Gasteiger partial charge on any atom is 0.266 e. The molecule has 0 fully saturated rings. The molecule has 136 valence electrons. The van der Waals surface area contributed by atoms with E-state index in [4.69, 9.17) is 9.47 Å². The number of hydrogen-bond donors (Lipinski definition) is 2. The minimum absolute atomic E-state index is 0.0434. The molecule has 0 aliphatic carbocycles. The molecule has 2 rings (SSSR count). The topological polar surface area (TPSA) is 102 Å². The van der Waals surface area contributed by atoms with Crippen LogP contribution in [0.2, 0.25) is 0 Å². The van der Waals surface area contributed by atoms with E-state index in [1.165, 1.54) is 26.4 Å². The van der Waals surface area contributed by atoms with Crippen LogP contribution < -0.4 is 19.5 Å². The van der Waals surface area contributed by atoms with Crippen LogP contribution in [-0.2, 0) is 10.0 Å². The van der Waals surface area contributed by atoms with Gasteiger partial charge in [-0.2, -0.15) is 0 Å². The fraction of sp³-hybridized carbons (Fsp3) is 0.375. The van der Waals surface area contributed by atoms with E-state index < -0.39 is 10.0 Å². The van der Waals surface area contributed by atoms with Gasteiger partial charge in [0, 0.05) is 12.6 Å². The molecule has 0 saturated carbocycles. The zero-order valence-corrected chi connectivity index (χ0v) is 15.4. The van der Waals surface area contributed by atoms with Gasteiger partial charge in [-0.1, -0.05) is 13.8 Å². The van der Waals surface area contributed by atoms with Crippen molar-refractivity contribution in [2.45, 2.75) is 18.7 Å². The predicted octanol–water partition coefficient (Wildman–Crippen LogP) is 2.36. The summed E-state index contributed by atoms with van der Waals surface area (Å²) >= 11 is 0. The molecule has 0 bridgehead atoms. The Kier molecular flexibility index (Phi) is 6.02. The number of nitrogens with one attached hydrogen (secondary N) is 2. The summed E-state index contributed by atoms with van der Waals surface area (Å²) in [6.07, 6.45) is 0. The van der Waals surface area contributed by atoms with E-state index in [2.05, 4.69) is 34.1 Å². The maximum atomic E-state index is 12.6. The number of hydrogen-bond acceptors (Lipinski definition) is 7. The molecule has 0 atom stereocenters. The highest BCUT2D eigenvalue weighted by atomic mass is 32.2. The summed E-state index contributed by atoms with van der Waals surface area (Å²) < 4.78 is 37.8. The minimum atomic E-state index is -3.91. The first-order valence-electron chi connectivity index (χ1n) is 7.68. The van der Waals surface area contributed by atoms with E-state index in [0.717, 1.165) is 6.54 Å². The Labute approximate surface area is 147 Å². The quantitative estimate of drug-likeness (QED) is 0.739. The zero-order valence-electron chi connectivity index (χ0n) is 14.6. The fourth-order valence-corrected chi connectivity index (χ4v) is 3.16. The van der Waals surface area contributed by atoms with Crippen LogP contribution in [0.1, 0.15) is 13.8 Å². The lowest BCUT2D eigenvalue weighted by atomic mass is 10.2. The molecule has 25 heavy (non-hydrogen) atoms. The van der Waals surface area contributed by atoms with Gasteiger partial charge in [0.15, 0.2) is 5.82 Å². The van der Waals surface area contributed by atoms with E-state index in [1.54, 1.807) is 18.2 Å². The zero-order chi connectivity index (χ0) is 18.4. The molecule has 0 aliphatic heterocycles. The van der Waals surface area contributed by atoms with Gasteiger partial charge in [0.05, 0.1) is 14.2 Å². The lowest BCUT2D eigenvalue weighted by Crippen LogP contribution is -2.16. The van der Waals surface area contributed by atoms with E-state index >= 15 is 0 Å². The summed E-state index contributed by atoms with van der Waals surface area (Å²) in [6, 6.07) is 7.73. The summed E-state index contributed by atoms with van der Waals surface area (Å²) in [5.74, 6) is 1.76. The van der Waals surface area contributed by atoms with Crippen LogP contribution in [0.15, 0.2) is 35.2 Å². The van der Waals surface area contributed by atoms with E-state index in [9.17, 15) is 8.42 Å². The molecule has 0 saturated heterocycles. The summed E-state index contributed by atoms with van der Waals surface area (Å²) in [6.45, 7) is 4.90. The standard InChI is InChI=1S/C16H22N4O4S/c1-11(2)10-17-15-7-8-16(19-18-15)20-25(21,22)14-9-12(23-3)5-6-13(14)24-4/h5-9,11H,10H2,1-4H3,(H,17,18)(H,19,20). The molecule has 0 amide bonds. The van der Waals surface area contributed by atoms with Crippen molar-refractivity contribution in [3.63, 3.8) is 0 Å². The van der Waals surface area contributed by atoms with Gasteiger partial charge in [-0.25, -0.2) is 8.42 Å². The molecule has 0 aliphatic rings. The number of aromatic nitrogens is 2. The van der Waals surface area contributed by atoms with Crippen molar-refractivity contribution in [2.24, 2.45) is 5.92 Å². The van der Waals surface area contributed by atoms with Crippen LogP contribution in [-0.4, -0.2) is 39.4 Å². The average Bonchev–Trinajstić information content (AvgIpc) is 2.60. The molecule has 1 aromatic heterocycles. The van der Waals surface area contributed by atoms with Crippen LogP contribution in [0.25, 0.3) is 0 Å². The van der Waals surface area contributed by atoms with Crippen LogP contribution >= 0.6 is 0 Å². The van der Waals surface area contributed by atoms with Crippen molar-refractivity contribution in [3.05, 3.63) is 30.3 Å². The second-order valence-corrected chi connectivity index (χ2v) is 7.35. The Hall–Kier alpha value is -2.55. The first-order chi connectivity index (χ1) is 11.9. The fourth-order valence-electron chi connectivity index (χ4n) is 1.98. The first kappa shape index (κ1) is 18.8. The smallest absolute Gasteiger partial charge is 0.266 e. The molecule has 8 nitrogen and oxygen atoms in total. The SMILES string of the molecule is COc1ccc(OC)c(S(=O)(=O)Nc2ccc(NCC(C)C)nn2)c1. The lowest BCUT2D eigenvalue weighted by Gasteiger charge is -2.12. The minimum Gasteiger partial charge on any atom is -0.497 e. The van der Waals surface area contributed by atoms with Crippen molar-refractivity contribution >= 4 is 21.7 Å². The lowest BCUT2D eigenvalue weighted by molar-refractivity contribution is 0.392. The molecule has 9 heteroatoms. The molecular formula is C16H22N4O4S. The Balaban J connectivity index is 2.21. The van der Waals surface area contributed by atoms with E-state index in [0.29, 0.717) is 17.5 Å². The van der Waals surface area contributed by atoms with Crippen molar-refractivity contribution in [1.29, 1.82) is 0 Å². The first-order valence-corrected chi connectivity index (χ1v) is 9.16. The largest absolute Gasteiger partial charge is 0.497 e. The maximum absolute atomic E-state index is 12.6. The highest BCUT2D eigenvalue weighted by Gasteiger charge is 2.21. The van der Waals surface area contributed by atoms with Crippen LogP contribution in [0.4, 0.5) is 11.6 Å². The molecule has 2 N–H and O–H groups in total. The summed E-state index contributed by atoms with van der Waals surface area (Å²) in [5, 5.41) is 11.0. The highest BCUT2D eigenvalue weighted by molar-refractivity contribution is 7.92. The van der Waals surface area contributed by atoms with Gasteiger partial charge >= 0.3 is 0 Å². The van der Waals surface area contributed by atoms with E-state index in [1.807, 2.05) is 0 Å². The summed E-state index contributed by atoms with van der Waals surface area (Å²) in [7, 11) is -1.05. The monoisotopic (exact) mass is 366 g/mol. The number of benzene rings is 1. The number of nitrogens with zero attached hydrogens (tertiary/aromatic N) is 2. The third-order valence-corrected chi connectivity index (χ3v) is 4.63. The summed E-state index contributed by atoms with van der Waals surface area (Å²) in [4.78, 5) is -0.0434. The number of ether oxygens (including phenoxy) is 2. The van der Waals surface area contributed by atoms with Crippen LogP contribution in [0.5, 0.6) is 11.5 Å². The third-order valence-electron chi connectivity index (χ3n) is 3.26. The number of sulfonamides is 1. The normalized spacial score (nSPS) is 11.2. The Morgan fingerprint density at radius 1 is 1.04 bits per heavy atom. The Morgan fingerprint density at radius 3 is 2.28 bits per heavy atom. The molecule has 1 aromatic carbocycles. The predicted molar refractivity (Wildman–Crippen MR) is 95.7 cm³/mol. The number of methoxy groups -OCH3 is 2. The molecule has 1 heterocycles. The Bertz CT molecular complexity index is 807. The van der Waals surface area contributed by atoms with Gasteiger partial charge in [-0.3, -0.25) is 4.72 Å². The van der Waals surface area contributed by atoms with Gasteiger partial charge in [0.25, 0.3) is 10.0 Å². The molecule has 2 aromatic rings. The van der Waals surface area contributed by atoms with Gasteiger partial charge < -0.3 is 14.8 Å². The van der Waals surface area contributed by atoms with Gasteiger partial charge in [0.1, 0.15) is 22.2 Å². The van der Waals surface area contributed by atoms with Crippen molar-refractivity contribution in [3.8, 4) is 11.5 Å². The Morgan fingerprint density at radius 2 is 1.72 bits per heavy atom. The van der Waals surface area contributed by atoms with Crippen molar-refractivity contribution < 1.29 is 17.9 Å². The average molecular weight is 366 g/mol. The second-order valence-electron chi connectivity index (χ2n) is 5.70. The number of anilines is 2. The van der Waals surface area contributed by atoms with Crippen LogP contribution in [0.3, 0.4) is 0 Å². The van der Waals surface area contributed by atoms with Gasteiger partial charge in [-0.05, 0) is 30.2 Å². The molecule has 0 unspecified atom stereocenters. The molecule has 0 spiro atoms. The van der Waals surface area contributed by atoms with Crippen molar-refractivity contribution in [2.75, 3.05) is 30.8 Å². The van der Waals surface area contributed by atoms with Crippen molar-refractivity contribution in [1.82, 2.24) is 10.2 Å².